The van der Waals surface area contributed by atoms with Crippen LogP contribution in [0.4, 0.5) is 4.79 Å². The maximum atomic E-state index is 11.6. The summed E-state index contributed by atoms with van der Waals surface area (Å²) in [6, 6.07) is 0. The van der Waals surface area contributed by atoms with Crippen molar-refractivity contribution >= 4 is 6.09 Å². The maximum absolute atomic E-state index is 11.6. The monoisotopic (exact) mass is 330 g/mol. The molecule has 134 valence electrons. The molecule has 1 amide bonds. The molecule has 1 N–H and O–H groups in total. The second-order valence-corrected chi connectivity index (χ2v) is 7.30. The van der Waals surface area contributed by atoms with E-state index in [4.69, 9.17) is 4.74 Å². The molecule has 0 bridgehead atoms. The molecule has 0 aromatic carbocycles. The molecule has 0 radical (unpaired) electrons. The molecule has 7 nitrogen and oxygen atoms in total. The van der Waals surface area contributed by atoms with Gasteiger partial charge in [0.05, 0.1) is 6.61 Å². The summed E-state index contributed by atoms with van der Waals surface area (Å²) < 4.78 is 5.21. The zero-order chi connectivity index (χ0) is 17.3. The van der Waals surface area contributed by atoms with Crippen molar-refractivity contribution in [1.82, 2.24) is 5.32 Å². The number of rotatable bonds is 8. The Bertz CT molecular complexity index is 373. The normalized spacial score (nSPS) is 21.5. The van der Waals surface area contributed by atoms with E-state index < -0.39 is 10.7 Å². The molecule has 1 aliphatic carbocycles. The zero-order valence-electron chi connectivity index (χ0n) is 14.5. The first-order valence-electron chi connectivity index (χ1n) is 8.50. The Morgan fingerprint density at radius 2 is 1.74 bits per heavy atom. The van der Waals surface area contributed by atoms with Gasteiger partial charge in [0.25, 0.3) is 5.09 Å². The number of hydrogen-bond donors (Lipinski definition) is 1. The number of ether oxygens (including phenoxy) is 1. The van der Waals surface area contributed by atoms with E-state index in [1.807, 2.05) is 20.8 Å². The number of carbonyl (C=O) groups excluding carboxylic acids is 1. The van der Waals surface area contributed by atoms with Crippen molar-refractivity contribution in [3.63, 3.8) is 0 Å². The van der Waals surface area contributed by atoms with E-state index in [0.29, 0.717) is 18.4 Å². The van der Waals surface area contributed by atoms with Crippen LogP contribution < -0.4 is 5.32 Å². The largest absolute Gasteiger partial charge is 0.444 e. The van der Waals surface area contributed by atoms with Crippen molar-refractivity contribution in [2.45, 2.75) is 71.3 Å². The fourth-order valence-corrected chi connectivity index (χ4v) is 3.01. The Balaban J connectivity index is 2.05. The number of hydrogen-bond acceptors (Lipinski definition) is 5. The Morgan fingerprint density at radius 3 is 2.26 bits per heavy atom. The number of amides is 1. The van der Waals surface area contributed by atoms with Gasteiger partial charge >= 0.3 is 6.09 Å². The Morgan fingerprint density at radius 1 is 1.17 bits per heavy atom. The Kier molecular flexibility index (Phi) is 8.12. The van der Waals surface area contributed by atoms with Crippen LogP contribution in [0.25, 0.3) is 0 Å². The van der Waals surface area contributed by atoms with Gasteiger partial charge in [-0.2, -0.15) is 0 Å². The molecule has 1 aliphatic rings. The van der Waals surface area contributed by atoms with E-state index in [1.165, 1.54) is 0 Å². The lowest BCUT2D eigenvalue weighted by atomic mass is 9.79. The number of carbonyl (C=O) groups is 1. The SMILES string of the molecule is CC(C)(C)OC(=O)NCCC1CCC(CCCO[N+](=O)[O-])CC1. The fraction of sp³-hybridized carbons (Fsp3) is 0.938. The molecule has 0 spiro atoms. The van der Waals surface area contributed by atoms with Gasteiger partial charge in [-0.05, 0) is 51.9 Å². The average molecular weight is 330 g/mol. The van der Waals surface area contributed by atoms with Gasteiger partial charge in [0, 0.05) is 6.54 Å². The quantitative estimate of drug-likeness (QED) is 0.416. The van der Waals surface area contributed by atoms with Crippen LogP contribution in [0, 0.1) is 22.0 Å². The summed E-state index contributed by atoms with van der Waals surface area (Å²) in [4.78, 5) is 26.0. The van der Waals surface area contributed by atoms with Gasteiger partial charge in [0.15, 0.2) is 0 Å². The van der Waals surface area contributed by atoms with Gasteiger partial charge in [-0.15, -0.1) is 10.1 Å². The highest BCUT2D eigenvalue weighted by Gasteiger charge is 2.21. The molecule has 0 aromatic heterocycles. The molecule has 1 saturated carbocycles. The summed E-state index contributed by atoms with van der Waals surface area (Å²) in [5.41, 5.74) is -0.457. The first kappa shape index (κ1) is 19.5. The van der Waals surface area contributed by atoms with Crippen LogP contribution in [0.3, 0.4) is 0 Å². The number of nitrogens with one attached hydrogen (secondary N) is 1. The summed E-state index contributed by atoms with van der Waals surface area (Å²) >= 11 is 0. The van der Waals surface area contributed by atoms with E-state index in [1.54, 1.807) is 0 Å². The third-order valence-corrected chi connectivity index (χ3v) is 4.14. The van der Waals surface area contributed by atoms with Gasteiger partial charge < -0.3 is 14.9 Å². The summed E-state index contributed by atoms with van der Waals surface area (Å²) in [5.74, 6) is 1.30. The smallest absolute Gasteiger partial charge is 0.407 e. The van der Waals surface area contributed by atoms with Crippen LogP contribution in [-0.4, -0.2) is 29.9 Å². The first-order chi connectivity index (χ1) is 10.8. The minimum absolute atomic E-state index is 0.201. The maximum Gasteiger partial charge on any atom is 0.407 e. The number of alkyl carbamates (subject to hydrolysis) is 1. The van der Waals surface area contributed by atoms with Gasteiger partial charge in [-0.1, -0.05) is 25.7 Å². The van der Waals surface area contributed by atoms with Crippen LogP contribution in [0.5, 0.6) is 0 Å². The number of nitrogens with zero attached hydrogens (tertiary/aromatic N) is 1. The molecular formula is C16H30N2O5. The van der Waals surface area contributed by atoms with Crippen molar-refractivity contribution in [2.75, 3.05) is 13.2 Å². The highest BCUT2D eigenvalue weighted by molar-refractivity contribution is 5.67. The van der Waals surface area contributed by atoms with E-state index in [2.05, 4.69) is 10.2 Å². The van der Waals surface area contributed by atoms with Crippen LogP contribution in [0.2, 0.25) is 0 Å². The van der Waals surface area contributed by atoms with Crippen molar-refractivity contribution < 1.29 is 19.5 Å². The minimum Gasteiger partial charge on any atom is -0.444 e. The second-order valence-electron chi connectivity index (χ2n) is 7.30. The summed E-state index contributed by atoms with van der Waals surface area (Å²) in [6.07, 6.45) is 7.03. The predicted molar refractivity (Wildman–Crippen MR) is 86.5 cm³/mol. The van der Waals surface area contributed by atoms with E-state index >= 15 is 0 Å². The highest BCUT2D eigenvalue weighted by Crippen LogP contribution is 2.33. The Hall–Kier alpha value is -1.53. The van der Waals surface area contributed by atoms with E-state index in [9.17, 15) is 14.9 Å². The van der Waals surface area contributed by atoms with Crippen LogP contribution in [0.15, 0.2) is 0 Å². The van der Waals surface area contributed by atoms with E-state index in [-0.39, 0.29) is 12.7 Å². The fourth-order valence-electron chi connectivity index (χ4n) is 3.01. The summed E-state index contributed by atoms with van der Waals surface area (Å²) in [5, 5.41) is 12.1. The summed E-state index contributed by atoms with van der Waals surface area (Å²) in [7, 11) is 0. The van der Waals surface area contributed by atoms with Crippen molar-refractivity contribution in [1.29, 1.82) is 0 Å². The Labute approximate surface area is 138 Å². The molecule has 0 saturated heterocycles. The van der Waals surface area contributed by atoms with E-state index in [0.717, 1.165) is 44.9 Å². The standard InChI is InChI=1S/C16H30N2O5/c1-16(2,3)23-15(19)17-11-10-14-8-6-13(7-9-14)5-4-12-22-18(20)21/h13-14H,4-12H2,1-3H3,(H,17,19). The first-order valence-corrected chi connectivity index (χ1v) is 8.50. The van der Waals surface area contributed by atoms with Gasteiger partial charge in [-0.3, -0.25) is 0 Å². The van der Waals surface area contributed by atoms with Gasteiger partial charge in [-0.25, -0.2) is 4.79 Å². The molecule has 1 rings (SSSR count). The van der Waals surface area contributed by atoms with Crippen molar-refractivity contribution in [3.05, 3.63) is 10.1 Å². The van der Waals surface area contributed by atoms with Crippen LogP contribution >= 0.6 is 0 Å². The lowest BCUT2D eigenvalue weighted by Gasteiger charge is -2.28. The van der Waals surface area contributed by atoms with Crippen molar-refractivity contribution in [3.8, 4) is 0 Å². The molecule has 0 aromatic rings. The lowest BCUT2D eigenvalue weighted by Crippen LogP contribution is -2.33. The molecule has 0 unspecified atom stereocenters. The van der Waals surface area contributed by atoms with Gasteiger partial charge in [0.2, 0.25) is 0 Å². The zero-order valence-corrected chi connectivity index (χ0v) is 14.5. The molecule has 7 heteroatoms. The van der Waals surface area contributed by atoms with Gasteiger partial charge in [0.1, 0.15) is 5.60 Å². The molecule has 1 fully saturated rings. The van der Waals surface area contributed by atoms with Crippen LogP contribution in [0.1, 0.15) is 65.7 Å². The third-order valence-electron chi connectivity index (χ3n) is 4.14. The molecule has 0 heterocycles. The minimum atomic E-state index is -0.728. The highest BCUT2D eigenvalue weighted by atomic mass is 16.9. The summed E-state index contributed by atoms with van der Waals surface area (Å²) in [6.45, 7) is 6.41. The van der Waals surface area contributed by atoms with Crippen LogP contribution in [-0.2, 0) is 9.57 Å². The molecular weight excluding hydrogens is 300 g/mol. The lowest BCUT2D eigenvalue weighted by molar-refractivity contribution is -0.757. The molecule has 0 aliphatic heterocycles. The topological polar surface area (TPSA) is 90.7 Å². The second kappa shape index (κ2) is 9.57. The third kappa shape index (κ3) is 9.97. The average Bonchev–Trinajstić information content (AvgIpc) is 2.43. The van der Waals surface area contributed by atoms with Crippen molar-refractivity contribution in [2.24, 2.45) is 11.8 Å². The predicted octanol–water partition coefficient (Wildman–Crippen LogP) is 3.70. The molecule has 0 atom stereocenters. The molecule has 23 heavy (non-hydrogen) atoms.